The number of aromatic nitrogens is 2. The molecule has 0 saturated carbocycles. The topological polar surface area (TPSA) is 91.3 Å². The van der Waals surface area contributed by atoms with Crippen LogP contribution >= 0.6 is 0 Å². The van der Waals surface area contributed by atoms with Crippen LogP contribution in [0.5, 0.6) is 5.75 Å². The summed E-state index contributed by atoms with van der Waals surface area (Å²) in [7, 11) is 0. The van der Waals surface area contributed by atoms with Crippen LogP contribution in [0.2, 0.25) is 0 Å². The second-order valence-electron chi connectivity index (χ2n) is 5.26. The minimum Gasteiger partial charge on any atom is -0.484 e. The SMILES string of the molecule is Cc1cc(OCc2nc(Cc3ccccc3)no2)ccc1[N+](=O)[O-]. The molecule has 0 atom stereocenters. The zero-order chi connectivity index (χ0) is 16.9. The maximum Gasteiger partial charge on any atom is 0.272 e. The van der Waals surface area contributed by atoms with E-state index in [-0.39, 0.29) is 12.3 Å². The van der Waals surface area contributed by atoms with Crippen LogP contribution in [0, 0.1) is 17.0 Å². The zero-order valence-electron chi connectivity index (χ0n) is 13.0. The molecular formula is C17H15N3O4. The minimum absolute atomic E-state index is 0.0605. The third kappa shape index (κ3) is 3.75. The summed E-state index contributed by atoms with van der Waals surface area (Å²) in [6, 6.07) is 14.4. The van der Waals surface area contributed by atoms with Crippen LogP contribution < -0.4 is 4.74 Å². The maximum absolute atomic E-state index is 10.8. The van der Waals surface area contributed by atoms with Crippen LogP contribution in [0.4, 0.5) is 5.69 Å². The van der Waals surface area contributed by atoms with E-state index in [0.29, 0.717) is 29.4 Å². The molecule has 3 rings (SSSR count). The second kappa shape index (κ2) is 6.91. The molecule has 0 saturated heterocycles. The Hall–Kier alpha value is -3.22. The predicted octanol–water partition coefficient (Wildman–Crippen LogP) is 3.46. The molecular weight excluding hydrogens is 310 g/mol. The van der Waals surface area contributed by atoms with Gasteiger partial charge in [0.25, 0.3) is 11.6 Å². The number of hydrogen-bond donors (Lipinski definition) is 0. The lowest BCUT2D eigenvalue weighted by Gasteiger charge is -2.04. The van der Waals surface area contributed by atoms with Gasteiger partial charge in [-0.15, -0.1) is 0 Å². The third-order valence-electron chi connectivity index (χ3n) is 3.44. The van der Waals surface area contributed by atoms with Crippen molar-refractivity contribution in [3.8, 4) is 5.75 Å². The summed E-state index contributed by atoms with van der Waals surface area (Å²) in [6.07, 6.45) is 0.584. The van der Waals surface area contributed by atoms with Crippen molar-refractivity contribution >= 4 is 5.69 Å². The van der Waals surface area contributed by atoms with Crippen molar-refractivity contribution in [3.63, 3.8) is 0 Å². The lowest BCUT2D eigenvalue weighted by Crippen LogP contribution is -1.98. The van der Waals surface area contributed by atoms with E-state index in [1.807, 2.05) is 30.3 Å². The molecule has 0 bridgehead atoms. The number of ether oxygens (including phenoxy) is 1. The molecule has 7 nitrogen and oxygen atoms in total. The van der Waals surface area contributed by atoms with Gasteiger partial charge in [0.15, 0.2) is 12.4 Å². The fourth-order valence-corrected chi connectivity index (χ4v) is 2.27. The van der Waals surface area contributed by atoms with Crippen LogP contribution in [-0.4, -0.2) is 15.1 Å². The molecule has 0 spiro atoms. The first-order valence-corrected chi connectivity index (χ1v) is 7.35. The molecule has 0 radical (unpaired) electrons. The van der Waals surface area contributed by atoms with E-state index in [2.05, 4.69) is 10.1 Å². The molecule has 7 heteroatoms. The predicted molar refractivity (Wildman–Crippen MR) is 85.7 cm³/mol. The van der Waals surface area contributed by atoms with E-state index in [9.17, 15) is 10.1 Å². The Morgan fingerprint density at radius 1 is 1.21 bits per heavy atom. The van der Waals surface area contributed by atoms with E-state index < -0.39 is 4.92 Å². The molecule has 122 valence electrons. The van der Waals surface area contributed by atoms with Crippen LogP contribution in [-0.2, 0) is 13.0 Å². The fraction of sp³-hybridized carbons (Fsp3) is 0.176. The van der Waals surface area contributed by atoms with Crippen LogP contribution in [0.15, 0.2) is 53.1 Å². The van der Waals surface area contributed by atoms with Gasteiger partial charge in [0.05, 0.1) is 4.92 Å². The lowest BCUT2D eigenvalue weighted by atomic mass is 10.1. The summed E-state index contributed by atoms with van der Waals surface area (Å²) >= 11 is 0. The van der Waals surface area contributed by atoms with E-state index >= 15 is 0 Å². The Morgan fingerprint density at radius 2 is 2.00 bits per heavy atom. The summed E-state index contributed by atoms with van der Waals surface area (Å²) in [5, 5.41) is 14.7. The molecule has 0 amide bonds. The van der Waals surface area contributed by atoms with Crippen molar-refractivity contribution in [1.29, 1.82) is 0 Å². The molecule has 1 aromatic heterocycles. The van der Waals surface area contributed by atoms with Crippen LogP contribution in [0.1, 0.15) is 22.8 Å². The molecule has 1 heterocycles. The van der Waals surface area contributed by atoms with E-state index in [4.69, 9.17) is 9.26 Å². The maximum atomic E-state index is 10.8. The summed E-state index contributed by atoms with van der Waals surface area (Å²) in [5.41, 5.74) is 1.69. The Balaban J connectivity index is 1.61. The number of hydrogen-bond acceptors (Lipinski definition) is 6. The van der Waals surface area contributed by atoms with Gasteiger partial charge in [0.2, 0.25) is 0 Å². The highest BCUT2D eigenvalue weighted by Gasteiger charge is 2.12. The number of aryl methyl sites for hydroxylation is 1. The first-order chi connectivity index (χ1) is 11.6. The molecule has 2 aromatic carbocycles. The molecule has 0 aliphatic heterocycles. The summed E-state index contributed by atoms with van der Waals surface area (Å²) < 4.78 is 10.7. The lowest BCUT2D eigenvalue weighted by molar-refractivity contribution is -0.385. The number of benzene rings is 2. The Kier molecular flexibility index (Phi) is 4.51. The molecule has 0 aliphatic carbocycles. The van der Waals surface area contributed by atoms with Crippen LogP contribution in [0.3, 0.4) is 0 Å². The van der Waals surface area contributed by atoms with E-state index in [1.54, 1.807) is 19.1 Å². The highest BCUT2D eigenvalue weighted by Crippen LogP contribution is 2.23. The fourth-order valence-electron chi connectivity index (χ4n) is 2.27. The van der Waals surface area contributed by atoms with E-state index in [1.165, 1.54) is 6.07 Å². The Bertz CT molecular complexity index is 846. The van der Waals surface area contributed by atoms with Gasteiger partial charge in [-0.25, -0.2) is 0 Å². The number of nitro groups is 1. The van der Waals surface area contributed by atoms with Gasteiger partial charge in [-0.3, -0.25) is 10.1 Å². The van der Waals surface area contributed by atoms with Gasteiger partial charge in [0, 0.05) is 18.1 Å². The van der Waals surface area contributed by atoms with Crippen molar-refractivity contribution < 1.29 is 14.2 Å². The molecule has 0 N–H and O–H groups in total. The summed E-state index contributed by atoms with van der Waals surface area (Å²) in [5.74, 6) is 1.46. The average Bonchev–Trinajstić information content (AvgIpc) is 3.01. The first-order valence-electron chi connectivity index (χ1n) is 7.35. The largest absolute Gasteiger partial charge is 0.484 e. The van der Waals surface area contributed by atoms with Crippen molar-refractivity contribution in [1.82, 2.24) is 10.1 Å². The molecule has 24 heavy (non-hydrogen) atoms. The Labute approximate surface area is 138 Å². The normalized spacial score (nSPS) is 10.5. The van der Waals surface area contributed by atoms with Crippen molar-refractivity contribution in [2.45, 2.75) is 20.0 Å². The van der Waals surface area contributed by atoms with Gasteiger partial charge in [0.1, 0.15) is 5.75 Å². The molecule has 0 fully saturated rings. The molecule has 3 aromatic rings. The van der Waals surface area contributed by atoms with Crippen molar-refractivity contribution in [2.75, 3.05) is 0 Å². The Morgan fingerprint density at radius 3 is 2.71 bits per heavy atom. The highest BCUT2D eigenvalue weighted by atomic mass is 16.6. The molecule has 0 aliphatic rings. The van der Waals surface area contributed by atoms with Gasteiger partial charge >= 0.3 is 0 Å². The van der Waals surface area contributed by atoms with Crippen molar-refractivity contribution in [2.24, 2.45) is 0 Å². The van der Waals surface area contributed by atoms with Gasteiger partial charge in [-0.05, 0) is 24.6 Å². The monoisotopic (exact) mass is 325 g/mol. The smallest absolute Gasteiger partial charge is 0.272 e. The number of nitro benzene ring substituents is 1. The van der Waals surface area contributed by atoms with Crippen molar-refractivity contribution in [3.05, 3.63) is 81.5 Å². The average molecular weight is 325 g/mol. The third-order valence-corrected chi connectivity index (χ3v) is 3.44. The van der Waals surface area contributed by atoms with Gasteiger partial charge in [-0.1, -0.05) is 35.5 Å². The van der Waals surface area contributed by atoms with Gasteiger partial charge < -0.3 is 9.26 Å². The second-order valence-corrected chi connectivity index (χ2v) is 5.26. The van der Waals surface area contributed by atoms with Crippen LogP contribution in [0.25, 0.3) is 0 Å². The standard InChI is InChI=1S/C17H15N3O4/c1-12-9-14(7-8-15(12)20(21)22)23-11-17-18-16(19-24-17)10-13-5-3-2-4-6-13/h2-9H,10-11H2,1H3. The van der Waals surface area contributed by atoms with E-state index in [0.717, 1.165) is 5.56 Å². The zero-order valence-corrected chi connectivity index (χ0v) is 13.0. The summed E-state index contributed by atoms with van der Waals surface area (Å²) in [6.45, 7) is 1.77. The quantitative estimate of drug-likeness (QED) is 0.509. The van der Waals surface area contributed by atoms with Gasteiger partial charge in [-0.2, -0.15) is 4.98 Å². The number of rotatable bonds is 6. The summed E-state index contributed by atoms with van der Waals surface area (Å²) in [4.78, 5) is 14.7. The number of nitrogens with zero attached hydrogens (tertiary/aromatic N) is 3. The highest BCUT2D eigenvalue weighted by molar-refractivity contribution is 5.44. The molecule has 0 unspecified atom stereocenters. The first kappa shape index (κ1) is 15.7. The minimum atomic E-state index is -0.424.